The molecule has 0 saturated heterocycles. The van der Waals surface area contributed by atoms with Crippen LogP contribution >= 0.6 is 22.9 Å². The normalized spacial score (nSPS) is 12.1. The van der Waals surface area contributed by atoms with Crippen LogP contribution in [-0.2, 0) is 4.79 Å². The third-order valence-electron chi connectivity index (χ3n) is 1.66. The molecule has 0 aliphatic heterocycles. The third-order valence-corrected chi connectivity index (χ3v) is 2.89. The van der Waals surface area contributed by atoms with E-state index in [0.29, 0.717) is 9.21 Å². The van der Waals surface area contributed by atoms with Crippen LogP contribution in [0.15, 0.2) is 12.1 Å². The Labute approximate surface area is 95.9 Å². The smallest absolute Gasteiger partial charge is 0.305 e. The average Bonchev–Trinajstić information content (AvgIpc) is 2.49. The number of aliphatic carboxylic acids is 1. The molecule has 0 aliphatic rings. The fraction of sp³-hybridized carbons (Fsp3) is 0.333. The van der Waals surface area contributed by atoms with E-state index in [1.165, 1.54) is 0 Å². The number of hydrogen-bond donors (Lipinski definition) is 2. The molecule has 0 saturated carbocycles. The van der Waals surface area contributed by atoms with Crippen LogP contribution in [0.3, 0.4) is 0 Å². The summed E-state index contributed by atoms with van der Waals surface area (Å²) in [5.41, 5.74) is 0. The lowest BCUT2D eigenvalue weighted by molar-refractivity contribution is -0.137. The van der Waals surface area contributed by atoms with Crippen LogP contribution in [0.25, 0.3) is 0 Å². The minimum Gasteiger partial charge on any atom is -0.481 e. The molecule has 2 N–H and O–H groups in total. The van der Waals surface area contributed by atoms with E-state index in [2.05, 4.69) is 5.32 Å². The van der Waals surface area contributed by atoms with Crippen LogP contribution < -0.4 is 5.32 Å². The van der Waals surface area contributed by atoms with Gasteiger partial charge < -0.3 is 10.4 Å². The summed E-state index contributed by atoms with van der Waals surface area (Å²) in [6.07, 6.45) is -0.0924. The molecule has 1 heterocycles. The molecule has 4 nitrogen and oxygen atoms in total. The number of carboxylic acids is 1. The first kappa shape index (κ1) is 12.0. The largest absolute Gasteiger partial charge is 0.481 e. The number of rotatable bonds is 4. The van der Waals surface area contributed by atoms with Crippen molar-refractivity contribution in [2.75, 3.05) is 0 Å². The molecule has 1 aromatic heterocycles. The summed E-state index contributed by atoms with van der Waals surface area (Å²) in [4.78, 5) is 22.3. The van der Waals surface area contributed by atoms with Gasteiger partial charge in [-0.05, 0) is 19.1 Å². The lowest BCUT2D eigenvalue weighted by Crippen LogP contribution is -2.33. The standard InChI is InChI=1S/C9H10ClNO3S/c1-5(4-8(12)13)11-9(14)6-2-3-7(10)15-6/h2-3,5H,4H2,1H3,(H,11,14)(H,12,13). The summed E-state index contributed by atoms with van der Waals surface area (Å²) < 4.78 is 0.533. The predicted octanol–water partition coefficient (Wildman–Crippen LogP) is 1.99. The molecule has 0 fully saturated rings. The fourth-order valence-corrected chi connectivity index (χ4v) is 1.99. The zero-order valence-electron chi connectivity index (χ0n) is 7.99. The van der Waals surface area contributed by atoms with Crippen molar-refractivity contribution in [1.29, 1.82) is 0 Å². The van der Waals surface area contributed by atoms with E-state index in [1.54, 1.807) is 19.1 Å². The van der Waals surface area contributed by atoms with Crippen molar-refractivity contribution in [3.8, 4) is 0 Å². The molecule has 0 aromatic carbocycles. The number of nitrogens with one attached hydrogen (secondary N) is 1. The number of hydrogen-bond acceptors (Lipinski definition) is 3. The van der Waals surface area contributed by atoms with Gasteiger partial charge in [0.2, 0.25) is 0 Å². The van der Waals surface area contributed by atoms with Gasteiger partial charge in [-0.2, -0.15) is 0 Å². The number of carboxylic acid groups (broad SMARTS) is 1. The van der Waals surface area contributed by atoms with Crippen molar-refractivity contribution in [1.82, 2.24) is 5.32 Å². The molecule has 1 amide bonds. The highest BCUT2D eigenvalue weighted by atomic mass is 35.5. The van der Waals surface area contributed by atoms with E-state index in [0.717, 1.165) is 11.3 Å². The molecule has 1 aromatic rings. The highest BCUT2D eigenvalue weighted by molar-refractivity contribution is 7.17. The molecular formula is C9H10ClNO3S. The van der Waals surface area contributed by atoms with Gasteiger partial charge in [-0.1, -0.05) is 11.6 Å². The Morgan fingerprint density at radius 1 is 1.60 bits per heavy atom. The molecule has 1 unspecified atom stereocenters. The van der Waals surface area contributed by atoms with Crippen molar-refractivity contribution in [2.45, 2.75) is 19.4 Å². The zero-order chi connectivity index (χ0) is 11.4. The Hall–Kier alpha value is -1.07. The molecular weight excluding hydrogens is 238 g/mol. The van der Waals surface area contributed by atoms with Crippen LogP contribution in [0.5, 0.6) is 0 Å². The summed E-state index contributed by atoms with van der Waals surface area (Å²) in [6.45, 7) is 1.64. The second kappa shape index (κ2) is 5.14. The number of thiophene rings is 1. The summed E-state index contributed by atoms with van der Waals surface area (Å²) in [6, 6.07) is 2.84. The fourth-order valence-electron chi connectivity index (χ4n) is 1.04. The van der Waals surface area contributed by atoms with E-state index in [1.807, 2.05) is 0 Å². The first-order valence-corrected chi connectivity index (χ1v) is 5.46. The quantitative estimate of drug-likeness (QED) is 0.855. The van der Waals surface area contributed by atoms with Gasteiger partial charge in [-0.15, -0.1) is 11.3 Å². The van der Waals surface area contributed by atoms with Gasteiger partial charge in [0.1, 0.15) is 0 Å². The maximum atomic E-state index is 11.5. The van der Waals surface area contributed by atoms with Crippen LogP contribution in [0, 0.1) is 0 Å². The number of carbonyl (C=O) groups is 2. The van der Waals surface area contributed by atoms with E-state index in [-0.39, 0.29) is 12.3 Å². The van der Waals surface area contributed by atoms with Gasteiger partial charge in [0.25, 0.3) is 5.91 Å². The minimum atomic E-state index is -0.938. The van der Waals surface area contributed by atoms with Crippen LogP contribution in [-0.4, -0.2) is 23.0 Å². The van der Waals surface area contributed by atoms with Gasteiger partial charge in [0.15, 0.2) is 0 Å². The lowest BCUT2D eigenvalue weighted by atomic mass is 10.2. The minimum absolute atomic E-state index is 0.0924. The molecule has 15 heavy (non-hydrogen) atoms. The lowest BCUT2D eigenvalue weighted by Gasteiger charge is -2.09. The molecule has 0 radical (unpaired) electrons. The van der Waals surface area contributed by atoms with Crippen molar-refractivity contribution in [3.05, 3.63) is 21.3 Å². The molecule has 1 atom stereocenters. The Bertz CT molecular complexity index is 377. The Kier molecular flexibility index (Phi) is 4.11. The SMILES string of the molecule is CC(CC(=O)O)NC(=O)c1ccc(Cl)s1. The Morgan fingerprint density at radius 2 is 2.27 bits per heavy atom. The highest BCUT2D eigenvalue weighted by Crippen LogP contribution is 2.21. The molecule has 0 spiro atoms. The van der Waals surface area contributed by atoms with Gasteiger partial charge >= 0.3 is 5.97 Å². The van der Waals surface area contributed by atoms with E-state index in [4.69, 9.17) is 16.7 Å². The van der Waals surface area contributed by atoms with E-state index in [9.17, 15) is 9.59 Å². The first-order valence-electron chi connectivity index (χ1n) is 4.27. The van der Waals surface area contributed by atoms with Crippen molar-refractivity contribution >= 4 is 34.8 Å². The van der Waals surface area contributed by atoms with Gasteiger partial charge in [-0.25, -0.2) is 0 Å². The topological polar surface area (TPSA) is 66.4 Å². The third kappa shape index (κ3) is 3.89. The van der Waals surface area contributed by atoms with Crippen LogP contribution in [0.1, 0.15) is 23.0 Å². The highest BCUT2D eigenvalue weighted by Gasteiger charge is 2.13. The average molecular weight is 248 g/mol. The molecule has 6 heteroatoms. The summed E-state index contributed by atoms with van der Waals surface area (Å²) in [7, 11) is 0. The number of carbonyl (C=O) groups excluding carboxylic acids is 1. The van der Waals surface area contributed by atoms with Crippen LogP contribution in [0.2, 0.25) is 4.34 Å². The monoisotopic (exact) mass is 247 g/mol. The van der Waals surface area contributed by atoms with Crippen LogP contribution in [0.4, 0.5) is 0 Å². The first-order chi connectivity index (χ1) is 6.99. The zero-order valence-corrected chi connectivity index (χ0v) is 9.56. The summed E-state index contributed by atoms with van der Waals surface area (Å²) in [5, 5.41) is 11.1. The maximum absolute atomic E-state index is 11.5. The second-order valence-electron chi connectivity index (χ2n) is 3.08. The Morgan fingerprint density at radius 3 is 2.73 bits per heavy atom. The second-order valence-corrected chi connectivity index (χ2v) is 4.79. The molecule has 0 bridgehead atoms. The van der Waals surface area contributed by atoms with Gasteiger partial charge in [0.05, 0.1) is 15.6 Å². The number of halogens is 1. The van der Waals surface area contributed by atoms with Gasteiger partial charge in [0, 0.05) is 6.04 Å². The van der Waals surface area contributed by atoms with Crippen molar-refractivity contribution < 1.29 is 14.7 Å². The maximum Gasteiger partial charge on any atom is 0.305 e. The molecule has 1 rings (SSSR count). The summed E-state index contributed by atoms with van der Waals surface area (Å²) in [5.74, 6) is -1.23. The Balaban J connectivity index is 2.52. The van der Waals surface area contributed by atoms with Crippen molar-refractivity contribution in [2.24, 2.45) is 0 Å². The predicted molar refractivity (Wildman–Crippen MR) is 58.5 cm³/mol. The number of amides is 1. The van der Waals surface area contributed by atoms with E-state index >= 15 is 0 Å². The summed E-state index contributed by atoms with van der Waals surface area (Å²) >= 11 is 6.83. The van der Waals surface area contributed by atoms with E-state index < -0.39 is 12.0 Å². The van der Waals surface area contributed by atoms with Crippen molar-refractivity contribution in [3.63, 3.8) is 0 Å². The van der Waals surface area contributed by atoms with Gasteiger partial charge in [-0.3, -0.25) is 9.59 Å². The molecule has 82 valence electrons. The molecule has 0 aliphatic carbocycles.